The summed E-state index contributed by atoms with van der Waals surface area (Å²) in [6.45, 7) is 5.20. The number of carbonyl (C=O) groups excluding carboxylic acids is 1. The number of hydrogen-bond donors (Lipinski definition) is 0. The van der Waals surface area contributed by atoms with Gasteiger partial charge in [0.15, 0.2) is 16.8 Å². The largest absolute Gasteiger partial charge is 0.442 e. The first kappa shape index (κ1) is 16.8. The van der Waals surface area contributed by atoms with Gasteiger partial charge in [0.1, 0.15) is 11.3 Å². The van der Waals surface area contributed by atoms with Crippen molar-refractivity contribution >= 4 is 17.7 Å². The average Bonchev–Trinajstić information content (AvgIpc) is 3.20. The molecule has 2 aromatic heterocycles. The van der Waals surface area contributed by atoms with Gasteiger partial charge in [0.05, 0.1) is 5.69 Å². The maximum absolute atomic E-state index is 14.1. The van der Waals surface area contributed by atoms with Crippen LogP contribution < -0.4 is 0 Å². The zero-order chi connectivity index (χ0) is 17.6. The summed E-state index contributed by atoms with van der Waals surface area (Å²) < 4.78 is 33.8. The van der Waals surface area contributed by atoms with Crippen molar-refractivity contribution in [2.24, 2.45) is 0 Å². The molecule has 0 saturated heterocycles. The minimum absolute atomic E-state index is 0.119. The predicted molar refractivity (Wildman–Crippen MR) is 84.0 cm³/mol. The third kappa shape index (κ3) is 3.40. The van der Waals surface area contributed by atoms with E-state index in [-0.39, 0.29) is 11.6 Å². The highest BCUT2D eigenvalue weighted by Gasteiger charge is 2.33. The van der Waals surface area contributed by atoms with Crippen LogP contribution in [0, 0.1) is 11.6 Å². The van der Waals surface area contributed by atoms with Crippen LogP contribution in [0.1, 0.15) is 45.2 Å². The van der Waals surface area contributed by atoms with Crippen LogP contribution in [0.25, 0.3) is 11.3 Å². The molecule has 0 bridgehead atoms. The fourth-order valence-corrected chi connectivity index (χ4v) is 2.40. The van der Waals surface area contributed by atoms with E-state index in [9.17, 15) is 13.6 Å². The molecule has 5 nitrogen and oxygen atoms in total. The third-order valence-corrected chi connectivity index (χ3v) is 3.69. The van der Waals surface area contributed by atoms with E-state index in [0.717, 1.165) is 17.5 Å². The summed E-state index contributed by atoms with van der Waals surface area (Å²) in [6, 6.07) is 0.673. The van der Waals surface area contributed by atoms with Gasteiger partial charge in [0, 0.05) is 23.7 Å². The minimum Gasteiger partial charge on any atom is -0.442 e. The molecule has 1 aliphatic rings. The second-order valence-corrected chi connectivity index (χ2v) is 7.08. The molecule has 1 saturated carbocycles. The van der Waals surface area contributed by atoms with Gasteiger partial charge in [-0.05, 0) is 33.6 Å². The normalized spacial score (nSPS) is 14.8. The van der Waals surface area contributed by atoms with Crippen LogP contribution >= 0.6 is 11.6 Å². The number of rotatable bonds is 2. The van der Waals surface area contributed by atoms with Crippen molar-refractivity contribution in [3.63, 3.8) is 0 Å². The number of aromatic nitrogens is 3. The van der Waals surface area contributed by atoms with E-state index in [0.29, 0.717) is 17.3 Å². The molecule has 128 valence electrons. The van der Waals surface area contributed by atoms with Crippen molar-refractivity contribution in [1.29, 1.82) is 0 Å². The molecule has 1 aliphatic carbocycles. The van der Waals surface area contributed by atoms with Gasteiger partial charge in [-0.25, -0.2) is 18.6 Å². The van der Waals surface area contributed by atoms with Gasteiger partial charge in [-0.3, -0.25) is 0 Å². The zero-order valence-corrected chi connectivity index (χ0v) is 14.2. The van der Waals surface area contributed by atoms with Crippen molar-refractivity contribution in [2.45, 2.75) is 45.1 Å². The van der Waals surface area contributed by atoms with Crippen molar-refractivity contribution in [1.82, 2.24) is 14.8 Å². The Morgan fingerprint density at radius 1 is 1.33 bits per heavy atom. The van der Waals surface area contributed by atoms with Gasteiger partial charge in [0.2, 0.25) is 0 Å². The summed E-state index contributed by atoms with van der Waals surface area (Å²) in [5.41, 5.74) is 0.0434. The zero-order valence-electron chi connectivity index (χ0n) is 13.4. The Hall–Kier alpha value is -2.02. The van der Waals surface area contributed by atoms with Crippen molar-refractivity contribution < 1.29 is 18.3 Å². The Morgan fingerprint density at radius 3 is 2.58 bits per heavy atom. The molecule has 8 heteroatoms. The second-order valence-electron chi connectivity index (χ2n) is 6.72. The molecule has 2 aromatic rings. The lowest BCUT2D eigenvalue weighted by atomic mass is 10.1. The van der Waals surface area contributed by atoms with Gasteiger partial charge < -0.3 is 4.74 Å². The van der Waals surface area contributed by atoms with Gasteiger partial charge >= 0.3 is 6.09 Å². The van der Waals surface area contributed by atoms with Crippen LogP contribution in [0.5, 0.6) is 0 Å². The van der Waals surface area contributed by atoms with Crippen LogP contribution in [-0.2, 0) is 4.74 Å². The number of pyridine rings is 1. The molecule has 0 aliphatic heterocycles. The number of halogens is 3. The molecule has 2 heterocycles. The first-order valence-corrected chi connectivity index (χ1v) is 7.88. The molecule has 0 aromatic carbocycles. The maximum atomic E-state index is 14.1. The van der Waals surface area contributed by atoms with Crippen LogP contribution in [0.15, 0.2) is 12.3 Å². The Balaban J connectivity index is 2.05. The molecule has 0 N–H and O–H groups in total. The Morgan fingerprint density at radius 2 is 2.00 bits per heavy atom. The Bertz CT molecular complexity index is 810. The molecule has 0 atom stereocenters. The lowest BCUT2D eigenvalue weighted by molar-refractivity contribution is 0.0514. The summed E-state index contributed by atoms with van der Waals surface area (Å²) >= 11 is 5.67. The maximum Gasteiger partial charge on any atom is 0.435 e. The summed E-state index contributed by atoms with van der Waals surface area (Å²) in [7, 11) is 0. The monoisotopic (exact) mass is 355 g/mol. The second kappa shape index (κ2) is 5.81. The lowest BCUT2D eigenvalue weighted by Gasteiger charge is -2.18. The molecule has 1 fully saturated rings. The smallest absolute Gasteiger partial charge is 0.435 e. The molecule has 0 unspecified atom stereocenters. The predicted octanol–water partition coefficient (Wildman–Crippen LogP) is 4.54. The fraction of sp³-hybridized carbons (Fsp3) is 0.438. The highest BCUT2D eigenvalue weighted by atomic mass is 35.5. The standard InChI is InChI=1S/C16H16ClF2N3O2/c1-16(2,3)24-15(23)22-7-9(12(21-22)8-4-5-8)13-10(18)6-11(19)14(17)20-13/h6-8H,4-5H2,1-3H3. The first-order valence-electron chi connectivity index (χ1n) is 7.50. The summed E-state index contributed by atoms with van der Waals surface area (Å²) in [4.78, 5) is 16.0. The molecule has 3 rings (SSSR count). The lowest BCUT2D eigenvalue weighted by Crippen LogP contribution is -2.27. The van der Waals surface area contributed by atoms with Crippen molar-refractivity contribution in [3.8, 4) is 11.3 Å². The number of ether oxygens (including phenoxy) is 1. The van der Waals surface area contributed by atoms with Gasteiger partial charge in [-0.15, -0.1) is 0 Å². The highest BCUT2D eigenvalue weighted by Crippen LogP contribution is 2.44. The highest BCUT2D eigenvalue weighted by molar-refractivity contribution is 6.29. The van der Waals surface area contributed by atoms with E-state index in [1.54, 1.807) is 20.8 Å². The van der Waals surface area contributed by atoms with E-state index in [4.69, 9.17) is 16.3 Å². The molecular formula is C16H16ClF2N3O2. The molecule has 24 heavy (non-hydrogen) atoms. The van der Waals surface area contributed by atoms with Crippen LogP contribution in [-0.4, -0.2) is 26.5 Å². The van der Waals surface area contributed by atoms with Crippen LogP contribution in [0.3, 0.4) is 0 Å². The van der Waals surface area contributed by atoms with E-state index in [2.05, 4.69) is 10.1 Å². The van der Waals surface area contributed by atoms with Gasteiger partial charge in [0.25, 0.3) is 0 Å². The summed E-state index contributed by atoms with van der Waals surface area (Å²) in [5, 5.41) is 3.79. The molecule has 0 amide bonds. The Kier molecular flexibility index (Phi) is 4.07. The summed E-state index contributed by atoms with van der Waals surface area (Å²) in [6.07, 6.45) is 2.44. The molecular weight excluding hydrogens is 340 g/mol. The van der Waals surface area contributed by atoms with Crippen molar-refractivity contribution in [2.75, 3.05) is 0 Å². The number of carbonyl (C=O) groups is 1. The van der Waals surface area contributed by atoms with Gasteiger partial charge in [-0.1, -0.05) is 11.6 Å². The van der Waals surface area contributed by atoms with E-state index in [1.807, 2.05) is 0 Å². The minimum atomic E-state index is -0.939. The molecule has 0 spiro atoms. The van der Waals surface area contributed by atoms with E-state index >= 15 is 0 Å². The average molecular weight is 356 g/mol. The topological polar surface area (TPSA) is 57.0 Å². The number of nitrogens with zero attached hydrogens (tertiary/aromatic N) is 3. The van der Waals surface area contributed by atoms with E-state index in [1.165, 1.54) is 6.20 Å². The number of hydrogen-bond acceptors (Lipinski definition) is 4. The Labute approximate surface area is 142 Å². The molecule has 0 radical (unpaired) electrons. The summed E-state index contributed by atoms with van der Waals surface area (Å²) in [5.74, 6) is -1.68. The van der Waals surface area contributed by atoms with Gasteiger partial charge in [-0.2, -0.15) is 9.78 Å². The first-order chi connectivity index (χ1) is 11.2. The quantitative estimate of drug-likeness (QED) is 0.742. The fourth-order valence-electron chi connectivity index (χ4n) is 2.26. The van der Waals surface area contributed by atoms with Crippen molar-refractivity contribution in [3.05, 3.63) is 34.7 Å². The van der Waals surface area contributed by atoms with Crippen LogP contribution in [0.2, 0.25) is 5.15 Å². The van der Waals surface area contributed by atoms with Crippen LogP contribution in [0.4, 0.5) is 13.6 Å². The third-order valence-electron chi connectivity index (χ3n) is 3.43. The SMILES string of the molecule is CC(C)(C)OC(=O)n1cc(-c2nc(Cl)c(F)cc2F)c(C2CC2)n1. The van der Waals surface area contributed by atoms with E-state index < -0.39 is 28.5 Å².